The number of nitrogens with one attached hydrogen (secondary N) is 1. The first-order valence-electron chi connectivity index (χ1n) is 7.73. The monoisotopic (exact) mass is 408 g/mol. The molecule has 1 N–H and O–H groups in total. The predicted molar refractivity (Wildman–Crippen MR) is 103 cm³/mol. The van der Waals surface area contributed by atoms with E-state index in [0.717, 1.165) is 10.6 Å². The highest BCUT2D eigenvalue weighted by Gasteiger charge is 2.10. The van der Waals surface area contributed by atoms with Gasteiger partial charge in [0.1, 0.15) is 10.8 Å². The molecule has 0 saturated carbocycles. The lowest BCUT2D eigenvalue weighted by Gasteiger charge is -2.07. The van der Waals surface area contributed by atoms with Gasteiger partial charge in [-0.25, -0.2) is 0 Å². The average Bonchev–Trinajstić information content (AvgIpc) is 3.09. The van der Waals surface area contributed by atoms with Gasteiger partial charge in [-0.3, -0.25) is 9.78 Å². The molecule has 0 spiro atoms. The zero-order valence-electron chi connectivity index (χ0n) is 13.5. The Bertz CT molecular complexity index is 889. The van der Waals surface area contributed by atoms with Crippen molar-refractivity contribution >= 4 is 45.6 Å². The molecule has 2 aromatic heterocycles. The second-order valence-electron chi connectivity index (χ2n) is 5.22. The number of aromatic nitrogens is 3. The number of ether oxygens (including phenoxy) is 1. The lowest BCUT2D eigenvalue weighted by atomic mass is 10.3. The van der Waals surface area contributed by atoms with Crippen LogP contribution >= 0.6 is 34.5 Å². The third kappa shape index (κ3) is 5.14. The van der Waals surface area contributed by atoms with Crippen molar-refractivity contribution in [1.29, 1.82) is 0 Å². The van der Waals surface area contributed by atoms with Gasteiger partial charge in [0, 0.05) is 29.4 Å². The summed E-state index contributed by atoms with van der Waals surface area (Å²) in [5, 5.41) is 13.0. The van der Waals surface area contributed by atoms with Crippen molar-refractivity contribution in [2.75, 3.05) is 11.9 Å². The Kier molecular flexibility index (Phi) is 6.38. The largest absolute Gasteiger partial charge is 0.492 e. The zero-order valence-corrected chi connectivity index (χ0v) is 15.8. The van der Waals surface area contributed by atoms with Crippen LogP contribution in [0.15, 0.2) is 42.7 Å². The molecule has 0 unspecified atom stereocenters. The van der Waals surface area contributed by atoms with Gasteiger partial charge in [0.05, 0.1) is 11.6 Å². The quantitative estimate of drug-likeness (QED) is 0.572. The SMILES string of the molecule is O=C(CCCOc1ccc(Cl)cc1Cl)Nc1nnc(-c2ccncc2)s1. The summed E-state index contributed by atoms with van der Waals surface area (Å²) in [7, 11) is 0. The molecule has 0 aliphatic carbocycles. The maximum absolute atomic E-state index is 12.0. The first-order chi connectivity index (χ1) is 12.6. The maximum atomic E-state index is 12.0. The smallest absolute Gasteiger partial charge is 0.226 e. The molecule has 2 heterocycles. The van der Waals surface area contributed by atoms with E-state index in [1.807, 2.05) is 12.1 Å². The third-order valence-electron chi connectivity index (χ3n) is 3.30. The van der Waals surface area contributed by atoms with Crippen LogP contribution in [0.5, 0.6) is 5.75 Å². The molecule has 9 heteroatoms. The number of carbonyl (C=O) groups is 1. The van der Waals surface area contributed by atoms with Crippen molar-refractivity contribution in [2.24, 2.45) is 0 Å². The van der Waals surface area contributed by atoms with E-state index in [9.17, 15) is 4.79 Å². The van der Waals surface area contributed by atoms with Crippen LogP contribution in [0.1, 0.15) is 12.8 Å². The van der Waals surface area contributed by atoms with Gasteiger partial charge < -0.3 is 10.1 Å². The Morgan fingerprint density at radius 1 is 1.15 bits per heavy atom. The summed E-state index contributed by atoms with van der Waals surface area (Å²) < 4.78 is 5.55. The molecule has 0 aliphatic rings. The van der Waals surface area contributed by atoms with E-state index in [0.29, 0.717) is 40.4 Å². The van der Waals surface area contributed by atoms with Crippen molar-refractivity contribution < 1.29 is 9.53 Å². The minimum Gasteiger partial charge on any atom is -0.492 e. The van der Waals surface area contributed by atoms with E-state index in [-0.39, 0.29) is 5.91 Å². The molecule has 3 aromatic rings. The van der Waals surface area contributed by atoms with Crippen molar-refractivity contribution in [3.8, 4) is 16.3 Å². The molecular weight excluding hydrogens is 395 g/mol. The summed E-state index contributed by atoms with van der Waals surface area (Å²) in [4.78, 5) is 16.0. The van der Waals surface area contributed by atoms with Crippen molar-refractivity contribution in [2.45, 2.75) is 12.8 Å². The molecular formula is C17H14Cl2N4O2S. The van der Waals surface area contributed by atoms with E-state index >= 15 is 0 Å². The summed E-state index contributed by atoms with van der Waals surface area (Å²) >= 11 is 13.2. The van der Waals surface area contributed by atoms with E-state index in [1.54, 1.807) is 30.6 Å². The normalized spacial score (nSPS) is 10.5. The minimum atomic E-state index is -0.145. The molecule has 1 aromatic carbocycles. The van der Waals surface area contributed by atoms with Crippen LogP contribution in [0, 0.1) is 0 Å². The van der Waals surface area contributed by atoms with Gasteiger partial charge in [-0.05, 0) is 36.8 Å². The Balaban J connectivity index is 1.44. The molecule has 6 nitrogen and oxygen atoms in total. The molecule has 26 heavy (non-hydrogen) atoms. The van der Waals surface area contributed by atoms with Gasteiger partial charge >= 0.3 is 0 Å². The standard InChI is InChI=1S/C17H14Cl2N4O2S/c18-12-3-4-14(13(19)10-12)25-9-1-2-15(24)21-17-23-22-16(26-17)11-5-7-20-8-6-11/h3-8,10H,1-2,9H2,(H,21,23,24). The Labute approximate surface area is 164 Å². The number of pyridine rings is 1. The summed E-state index contributed by atoms with van der Waals surface area (Å²) in [6.45, 7) is 0.368. The van der Waals surface area contributed by atoms with Crippen LogP contribution in [0.2, 0.25) is 10.0 Å². The number of anilines is 1. The highest BCUT2D eigenvalue weighted by atomic mass is 35.5. The molecule has 0 atom stereocenters. The second-order valence-corrected chi connectivity index (χ2v) is 7.04. The number of hydrogen-bond acceptors (Lipinski definition) is 6. The first kappa shape index (κ1) is 18.6. The third-order valence-corrected chi connectivity index (χ3v) is 4.72. The molecule has 0 bridgehead atoms. The number of rotatable bonds is 7. The predicted octanol–water partition coefficient (Wildman–Crippen LogP) is 4.70. The van der Waals surface area contributed by atoms with Crippen molar-refractivity contribution in [3.05, 3.63) is 52.8 Å². The molecule has 134 valence electrons. The van der Waals surface area contributed by atoms with Gasteiger partial charge in [-0.2, -0.15) is 0 Å². The van der Waals surface area contributed by atoms with Gasteiger partial charge in [0.2, 0.25) is 11.0 Å². The van der Waals surface area contributed by atoms with Crippen LogP contribution < -0.4 is 10.1 Å². The van der Waals surface area contributed by atoms with E-state index in [1.165, 1.54) is 11.3 Å². The van der Waals surface area contributed by atoms with E-state index in [2.05, 4.69) is 20.5 Å². The number of halogens is 2. The summed E-state index contributed by atoms with van der Waals surface area (Å²) in [5.74, 6) is 0.399. The fourth-order valence-corrected chi connectivity index (χ4v) is 3.30. The maximum Gasteiger partial charge on any atom is 0.226 e. The summed E-state index contributed by atoms with van der Waals surface area (Å²) in [6.07, 6.45) is 4.21. The van der Waals surface area contributed by atoms with E-state index < -0.39 is 0 Å². The molecule has 0 radical (unpaired) electrons. The highest BCUT2D eigenvalue weighted by Crippen LogP contribution is 2.28. The molecule has 1 amide bonds. The molecule has 0 saturated heterocycles. The second kappa shape index (κ2) is 8.93. The van der Waals surface area contributed by atoms with Crippen molar-refractivity contribution in [1.82, 2.24) is 15.2 Å². The summed E-state index contributed by atoms with van der Waals surface area (Å²) in [5.41, 5.74) is 0.909. The molecule has 0 aliphatic heterocycles. The first-order valence-corrected chi connectivity index (χ1v) is 9.30. The number of amides is 1. The van der Waals surface area contributed by atoms with Crippen molar-refractivity contribution in [3.63, 3.8) is 0 Å². The van der Waals surface area contributed by atoms with Gasteiger partial charge in [0.25, 0.3) is 0 Å². The summed E-state index contributed by atoms with van der Waals surface area (Å²) in [6, 6.07) is 8.69. The number of nitrogens with zero attached hydrogens (tertiary/aromatic N) is 3. The molecule has 0 fully saturated rings. The number of hydrogen-bond donors (Lipinski definition) is 1. The van der Waals surface area contributed by atoms with Gasteiger partial charge in [-0.1, -0.05) is 34.5 Å². The number of carbonyl (C=O) groups excluding carboxylic acids is 1. The minimum absolute atomic E-state index is 0.145. The lowest BCUT2D eigenvalue weighted by Crippen LogP contribution is -2.12. The van der Waals surface area contributed by atoms with E-state index in [4.69, 9.17) is 27.9 Å². The zero-order chi connectivity index (χ0) is 18.4. The van der Waals surface area contributed by atoms with Crippen LogP contribution in [0.4, 0.5) is 5.13 Å². The Morgan fingerprint density at radius 2 is 1.96 bits per heavy atom. The van der Waals surface area contributed by atoms with Crippen LogP contribution in [-0.4, -0.2) is 27.7 Å². The highest BCUT2D eigenvalue weighted by molar-refractivity contribution is 7.18. The topological polar surface area (TPSA) is 77.0 Å². The Morgan fingerprint density at radius 3 is 2.73 bits per heavy atom. The average molecular weight is 409 g/mol. The lowest BCUT2D eigenvalue weighted by molar-refractivity contribution is -0.116. The fourth-order valence-electron chi connectivity index (χ4n) is 2.07. The van der Waals surface area contributed by atoms with Gasteiger partial charge in [0.15, 0.2) is 0 Å². The number of benzene rings is 1. The molecule has 3 rings (SSSR count). The van der Waals surface area contributed by atoms with Gasteiger partial charge in [-0.15, -0.1) is 10.2 Å². The van der Waals surface area contributed by atoms with Crippen LogP contribution in [0.3, 0.4) is 0 Å². The fraction of sp³-hybridized carbons (Fsp3) is 0.176. The Hall–Kier alpha value is -2.22. The van der Waals surface area contributed by atoms with Crippen LogP contribution in [0.25, 0.3) is 10.6 Å². The van der Waals surface area contributed by atoms with Crippen LogP contribution in [-0.2, 0) is 4.79 Å².